The maximum atomic E-state index is 13.6. The highest BCUT2D eigenvalue weighted by Crippen LogP contribution is 2.35. The summed E-state index contributed by atoms with van der Waals surface area (Å²) in [7, 11) is 1.25. The van der Waals surface area contributed by atoms with Gasteiger partial charge < -0.3 is 25.0 Å². The zero-order valence-corrected chi connectivity index (χ0v) is 24.5. The fraction of sp³-hybridized carbons (Fsp3) is 0.414. The van der Waals surface area contributed by atoms with Gasteiger partial charge in [0, 0.05) is 52.8 Å². The molecule has 0 unspecified atom stereocenters. The summed E-state index contributed by atoms with van der Waals surface area (Å²) in [6.45, 7) is 0.537. The number of nitrogens with one attached hydrogen (secondary N) is 2. The Morgan fingerprint density at radius 1 is 1.16 bits per heavy atom. The van der Waals surface area contributed by atoms with Crippen molar-refractivity contribution in [2.45, 2.75) is 63.6 Å². The van der Waals surface area contributed by atoms with Crippen LogP contribution in [-0.2, 0) is 24.6 Å². The van der Waals surface area contributed by atoms with Gasteiger partial charge in [0.2, 0.25) is 0 Å². The second-order valence-electron chi connectivity index (χ2n) is 11.7. The van der Waals surface area contributed by atoms with Crippen molar-refractivity contribution in [3.8, 4) is 11.1 Å². The van der Waals surface area contributed by atoms with Crippen LogP contribution in [-0.4, -0.2) is 63.4 Å². The lowest BCUT2D eigenvalue weighted by Crippen LogP contribution is -2.33. The zero-order valence-electron chi connectivity index (χ0n) is 27.5. The van der Waals surface area contributed by atoms with Crippen LogP contribution in [0.4, 0.5) is 29.6 Å². The Morgan fingerprint density at radius 3 is 2.64 bits per heavy atom. The number of anilines is 2. The summed E-state index contributed by atoms with van der Waals surface area (Å²) in [5.74, 6) is 0.475. The number of pyridine rings is 2. The first-order chi connectivity index (χ1) is 22.4. The first kappa shape index (κ1) is 26.5. The normalized spacial score (nSPS) is 18.6. The molecule has 0 saturated heterocycles. The number of halogens is 3. The predicted octanol–water partition coefficient (Wildman–Crippen LogP) is 4.39. The topological polar surface area (TPSA) is 146 Å². The number of alkyl halides is 3. The van der Waals surface area contributed by atoms with E-state index >= 15 is 0 Å². The average Bonchev–Trinajstić information content (AvgIpc) is 3.76. The van der Waals surface area contributed by atoms with Gasteiger partial charge >= 0.3 is 18.1 Å². The van der Waals surface area contributed by atoms with E-state index in [1.54, 1.807) is 36.7 Å². The van der Waals surface area contributed by atoms with E-state index < -0.39 is 36.7 Å². The standard InChI is InChI=1S/C29H32F3N9O4/c1-28(2,44)15-39-14-19(16-11-34-40(13-16)29(30,31)32)25-20(39)7-8-23(37-25)36-24-10-21-22(12-33-24)38(3)27(43)41(21)18-6-5-17(9-18)35-26(42)45-4/h7-8,10-14,17-18,44H,5-6,9,15H2,1-4H3,(H,35,42)(H,33,36,37)/t17-,18-/m1/s1/i3D3. The Morgan fingerprint density at radius 2 is 1.96 bits per heavy atom. The van der Waals surface area contributed by atoms with Gasteiger partial charge in [0.1, 0.15) is 11.6 Å². The largest absolute Gasteiger partial charge is 0.504 e. The van der Waals surface area contributed by atoms with Gasteiger partial charge in [-0.05, 0) is 45.2 Å². The number of aromatic nitrogens is 7. The molecule has 5 aromatic rings. The van der Waals surface area contributed by atoms with E-state index in [1.807, 2.05) is 0 Å². The quantitative estimate of drug-likeness (QED) is 0.240. The summed E-state index contributed by atoms with van der Waals surface area (Å²) < 4.78 is 72.4. The number of carbonyl (C=O) groups is 1. The maximum absolute atomic E-state index is 13.6. The van der Waals surface area contributed by atoms with E-state index in [-0.39, 0.29) is 40.0 Å². The predicted molar refractivity (Wildman–Crippen MR) is 159 cm³/mol. The third-order valence-corrected chi connectivity index (χ3v) is 7.73. The minimum Gasteiger partial charge on any atom is -0.453 e. The highest BCUT2D eigenvalue weighted by molar-refractivity contribution is 5.94. The lowest BCUT2D eigenvalue weighted by molar-refractivity contribution is -0.212. The molecule has 5 aromatic heterocycles. The highest BCUT2D eigenvalue weighted by atomic mass is 19.4. The van der Waals surface area contributed by atoms with Gasteiger partial charge in [-0.25, -0.2) is 19.6 Å². The van der Waals surface area contributed by atoms with Crippen molar-refractivity contribution in [2.24, 2.45) is 6.98 Å². The lowest BCUT2D eigenvalue weighted by atomic mass is 10.1. The molecule has 1 aliphatic rings. The van der Waals surface area contributed by atoms with Crippen LogP contribution in [0.15, 0.2) is 47.8 Å². The molecular formula is C29H32F3N9O4. The van der Waals surface area contributed by atoms with Gasteiger partial charge in [0.25, 0.3) is 0 Å². The summed E-state index contributed by atoms with van der Waals surface area (Å²) in [6.07, 6.45) is 0.889. The summed E-state index contributed by atoms with van der Waals surface area (Å²) in [5.41, 5.74) is -0.135. The Bertz CT molecular complexity index is 2080. The summed E-state index contributed by atoms with van der Waals surface area (Å²) >= 11 is 0. The summed E-state index contributed by atoms with van der Waals surface area (Å²) in [5, 5.41) is 19.7. The molecule has 13 nitrogen and oxygen atoms in total. The van der Waals surface area contributed by atoms with Gasteiger partial charge in [-0.15, -0.1) is 13.2 Å². The number of alkyl carbamates (subject to hydrolysis) is 1. The van der Waals surface area contributed by atoms with E-state index in [0.29, 0.717) is 45.9 Å². The SMILES string of the molecule is [2H]C([2H])([2H])n1c(=O)n([C@@H]2CC[C@@H](NC(=O)OC)C2)c2cc(Nc3ccc4c(n3)c(-c3cnn(C(F)(F)F)c3)cn4CC(C)(C)O)ncc21. The fourth-order valence-corrected chi connectivity index (χ4v) is 5.82. The van der Waals surface area contributed by atoms with Crippen LogP contribution < -0.4 is 16.3 Å². The van der Waals surface area contributed by atoms with Crippen molar-refractivity contribution in [3.63, 3.8) is 0 Å². The smallest absolute Gasteiger partial charge is 0.453 e. The number of hydrogen-bond donors (Lipinski definition) is 3. The van der Waals surface area contributed by atoms with Crippen molar-refractivity contribution in [1.82, 2.24) is 38.8 Å². The average molecular weight is 631 g/mol. The number of aliphatic hydroxyl groups is 1. The first-order valence-corrected chi connectivity index (χ1v) is 14.0. The van der Waals surface area contributed by atoms with E-state index in [1.165, 1.54) is 23.9 Å². The molecule has 238 valence electrons. The van der Waals surface area contributed by atoms with Gasteiger partial charge in [0.15, 0.2) is 0 Å². The molecule has 1 amide bonds. The van der Waals surface area contributed by atoms with Gasteiger partial charge in [-0.2, -0.15) is 9.78 Å². The summed E-state index contributed by atoms with van der Waals surface area (Å²) in [6, 6.07) is 4.14. The summed E-state index contributed by atoms with van der Waals surface area (Å²) in [4.78, 5) is 34.3. The van der Waals surface area contributed by atoms with Crippen LogP contribution in [0.5, 0.6) is 0 Å². The van der Waals surface area contributed by atoms with Crippen molar-refractivity contribution in [2.75, 3.05) is 12.4 Å². The number of carbonyl (C=O) groups excluding carboxylic acids is 1. The zero-order chi connectivity index (χ0) is 34.8. The van der Waals surface area contributed by atoms with Crippen molar-refractivity contribution >= 4 is 39.8 Å². The van der Waals surface area contributed by atoms with Crippen LogP contribution >= 0.6 is 0 Å². The molecule has 0 radical (unpaired) electrons. The number of hydrogen-bond acceptors (Lipinski definition) is 8. The fourth-order valence-electron chi connectivity index (χ4n) is 5.82. The van der Waals surface area contributed by atoms with E-state index in [0.717, 1.165) is 12.4 Å². The molecule has 1 fully saturated rings. The van der Waals surface area contributed by atoms with E-state index in [2.05, 4.69) is 30.4 Å². The Hall–Kier alpha value is -4.86. The monoisotopic (exact) mass is 630 g/mol. The molecule has 3 N–H and O–H groups in total. The number of aryl methyl sites for hydroxylation is 1. The second-order valence-corrected chi connectivity index (χ2v) is 11.7. The molecule has 0 bridgehead atoms. The molecule has 6 rings (SSSR count). The van der Waals surface area contributed by atoms with Crippen LogP contribution in [0, 0.1) is 0 Å². The minimum atomic E-state index is -4.72. The van der Waals surface area contributed by atoms with Crippen LogP contribution in [0.25, 0.3) is 33.2 Å². The molecule has 16 heteroatoms. The number of methoxy groups -OCH3 is 1. The molecular weight excluding hydrogens is 595 g/mol. The Labute approximate surface area is 258 Å². The van der Waals surface area contributed by atoms with Gasteiger partial charge in [-0.1, -0.05) is 0 Å². The van der Waals surface area contributed by atoms with Gasteiger partial charge in [-0.3, -0.25) is 9.13 Å². The molecule has 1 aliphatic carbocycles. The number of rotatable bonds is 7. The Balaban J connectivity index is 1.40. The number of fused-ring (bicyclic) bond motifs is 2. The third kappa shape index (κ3) is 5.84. The van der Waals surface area contributed by atoms with E-state index in [9.17, 15) is 27.9 Å². The van der Waals surface area contributed by atoms with Crippen molar-refractivity contribution < 1.29 is 31.9 Å². The number of ether oxygens (including phenoxy) is 1. The van der Waals surface area contributed by atoms with Crippen LogP contribution in [0.1, 0.15) is 43.3 Å². The Kier molecular flexibility index (Phi) is 6.45. The number of nitrogens with zero attached hydrogens (tertiary/aromatic N) is 7. The number of imidazole rings is 1. The molecule has 0 spiro atoms. The second kappa shape index (κ2) is 10.9. The van der Waals surface area contributed by atoms with Crippen molar-refractivity contribution in [3.05, 3.63) is 53.5 Å². The maximum Gasteiger partial charge on any atom is 0.504 e. The first-order valence-electron chi connectivity index (χ1n) is 15.5. The van der Waals surface area contributed by atoms with Crippen LogP contribution in [0.3, 0.4) is 0 Å². The molecule has 1 saturated carbocycles. The highest BCUT2D eigenvalue weighted by Gasteiger charge is 2.33. The third-order valence-electron chi connectivity index (χ3n) is 7.73. The minimum absolute atomic E-state index is 0.0889. The van der Waals surface area contributed by atoms with Gasteiger partial charge in [0.05, 0.1) is 53.7 Å². The molecule has 0 aromatic carbocycles. The van der Waals surface area contributed by atoms with Crippen LogP contribution in [0.2, 0.25) is 0 Å². The molecule has 45 heavy (non-hydrogen) atoms. The van der Waals surface area contributed by atoms with Crippen molar-refractivity contribution in [1.29, 1.82) is 0 Å². The molecule has 2 atom stereocenters. The molecule has 5 heterocycles. The lowest BCUT2D eigenvalue weighted by Gasteiger charge is -2.18. The molecule has 0 aliphatic heterocycles. The number of amides is 1. The van der Waals surface area contributed by atoms with E-state index in [4.69, 9.17) is 4.11 Å².